The minimum absolute atomic E-state index is 0.0496. The van der Waals surface area contributed by atoms with E-state index in [2.05, 4.69) is 15.3 Å². The van der Waals surface area contributed by atoms with Crippen LogP contribution in [-0.2, 0) is 9.84 Å². The fourth-order valence-electron chi connectivity index (χ4n) is 3.62. The van der Waals surface area contributed by atoms with Gasteiger partial charge < -0.3 is 9.88 Å². The molecule has 1 N–H and O–H groups in total. The molecule has 0 bridgehead atoms. The number of aromatic nitrogens is 3. The molecule has 9 heteroatoms. The van der Waals surface area contributed by atoms with Crippen LogP contribution in [0.5, 0.6) is 0 Å². The van der Waals surface area contributed by atoms with Crippen molar-refractivity contribution in [3.05, 3.63) is 83.0 Å². The predicted octanol–water partition coefficient (Wildman–Crippen LogP) is 2.74. The molecule has 0 unspecified atom stereocenters. The highest BCUT2D eigenvalue weighted by Crippen LogP contribution is 2.25. The van der Waals surface area contributed by atoms with Crippen LogP contribution in [0, 0.1) is 0 Å². The maximum Gasteiger partial charge on any atom is 0.257 e. The smallest absolute Gasteiger partial charge is 0.257 e. The molecule has 0 radical (unpaired) electrons. The lowest BCUT2D eigenvalue weighted by Gasteiger charge is -2.14. The van der Waals surface area contributed by atoms with Crippen molar-refractivity contribution in [2.24, 2.45) is 0 Å². The van der Waals surface area contributed by atoms with Crippen molar-refractivity contribution >= 4 is 26.8 Å². The van der Waals surface area contributed by atoms with E-state index in [1.807, 2.05) is 24.3 Å². The van der Waals surface area contributed by atoms with Crippen LogP contribution in [0.1, 0.15) is 23.2 Å². The summed E-state index contributed by atoms with van der Waals surface area (Å²) >= 11 is 0. The fourth-order valence-corrected chi connectivity index (χ4v) is 4.22. The largest absolute Gasteiger partial charge is 0.349 e. The van der Waals surface area contributed by atoms with Gasteiger partial charge in [-0.1, -0.05) is 12.1 Å². The van der Waals surface area contributed by atoms with Crippen molar-refractivity contribution < 1.29 is 13.2 Å². The number of hydrogen-bond acceptors (Lipinski definition) is 6. The summed E-state index contributed by atoms with van der Waals surface area (Å²) in [5.74, 6) is -0.400. The Hall–Kier alpha value is -3.85. The van der Waals surface area contributed by atoms with Gasteiger partial charge in [0, 0.05) is 48.3 Å². The van der Waals surface area contributed by atoms with E-state index in [9.17, 15) is 18.0 Å². The molecule has 1 saturated carbocycles. The fraction of sp³-hybridized carbons (Fsp3) is 0.167. The van der Waals surface area contributed by atoms with Crippen LogP contribution >= 0.6 is 0 Å². The lowest BCUT2D eigenvalue weighted by atomic mass is 10.1. The first-order chi connectivity index (χ1) is 15.8. The van der Waals surface area contributed by atoms with E-state index in [0.717, 1.165) is 24.7 Å². The number of hydrogen-bond donors (Lipinski definition) is 1. The van der Waals surface area contributed by atoms with Gasteiger partial charge in [0.1, 0.15) is 11.2 Å². The van der Waals surface area contributed by atoms with Crippen LogP contribution in [0.25, 0.3) is 27.8 Å². The zero-order valence-corrected chi connectivity index (χ0v) is 18.5. The summed E-state index contributed by atoms with van der Waals surface area (Å²) in [5, 5.41) is 3.21. The molecule has 1 aliphatic rings. The summed E-state index contributed by atoms with van der Waals surface area (Å²) in [7, 11) is -3.41. The van der Waals surface area contributed by atoms with Gasteiger partial charge in [-0.2, -0.15) is 0 Å². The van der Waals surface area contributed by atoms with E-state index >= 15 is 0 Å². The van der Waals surface area contributed by atoms with Gasteiger partial charge in [0.15, 0.2) is 9.84 Å². The summed E-state index contributed by atoms with van der Waals surface area (Å²) in [4.78, 5) is 34.3. The van der Waals surface area contributed by atoms with Crippen molar-refractivity contribution in [3.63, 3.8) is 0 Å². The van der Waals surface area contributed by atoms with Gasteiger partial charge >= 0.3 is 0 Å². The summed E-state index contributed by atoms with van der Waals surface area (Å²) in [6.45, 7) is 0. The monoisotopic (exact) mass is 460 g/mol. The normalized spacial score (nSPS) is 13.7. The second kappa shape index (κ2) is 7.93. The van der Waals surface area contributed by atoms with Gasteiger partial charge in [-0.25, -0.2) is 13.4 Å². The zero-order chi connectivity index (χ0) is 23.2. The number of nitrogens with zero attached hydrogens (tertiary/aromatic N) is 3. The molecule has 1 amide bonds. The van der Waals surface area contributed by atoms with Gasteiger partial charge in [0.2, 0.25) is 5.43 Å². The Labute approximate surface area is 189 Å². The van der Waals surface area contributed by atoms with Gasteiger partial charge in [0.25, 0.3) is 5.91 Å². The van der Waals surface area contributed by atoms with Crippen LogP contribution in [0.15, 0.2) is 76.9 Å². The second-order valence-electron chi connectivity index (χ2n) is 8.10. The molecular formula is C24H20N4O4S. The number of sulfone groups is 1. The maximum atomic E-state index is 13.0. The molecule has 0 saturated heterocycles. The Morgan fingerprint density at radius 2 is 1.91 bits per heavy atom. The topological polar surface area (TPSA) is 111 Å². The van der Waals surface area contributed by atoms with Crippen molar-refractivity contribution in [2.45, 2.75) is 23.8 Å². The van der Waals surface area contributed by atoms with Crippen LogP contribution in [0.2, 0.25) is 0 Å². The Morgan fingerprint density at radius 1 is 1.09 bits per heavy atom. The van der Waals surface area contributed by atoms with Gasteiger partial charge in [-0.15, -0.1) is 0 Å². The minimum Gasteiger partial charge on any atom is -0.349 e. The minimum atomic E-state index is -3.41. The number of carbonyl (C=O) groups is 1. The summed E-state index contributed by atoms with van der Waals surface area (Å²) < 4.78 is 25.6. The average molecular weight is 461 g/mol. The molecule has 3 aromatic heterocycles. The van der Waals surface area contributed by atoms with Crippen LogP contribution in [-0.4, -0.2) is 41.2 Å². The molecule has 1 aromatic carbocycles. The quantitative estimate of drug-likeness (QED) is 0.490. The summed E-state index contributed by atoms with van der Waals surface area (Å²) in [5.41, 5.74) is 2.14. The molecule has 0 spiro atoms. The first-order valence-electron chi connectivity index (χ1n) is 10.4. The molecule has 5 rings (SSSR count). The SMILES string of the molecule is CS(=O)(=O)c1cncc(-c2cccc(-n3cc(C(=O)NC4CC4)c(=O)c4cccnc43)c2)c1. The standard InChI is InChI=1S/C24H20N4O4S/c1-33(31,32)19-11-16(12-25-13-19)15-4-2-5-18(10-15)28-14-21(24(30)27-17-7-8-17)22(29)20-6-3-9-26-23(20)28/h2-6,9-14,17H,7-8H2,1H3,(H,27,30). The molecule has 166 valence electrons. The van der Waals surface area contributed by atoms with Crippen LogP contribution in [0.3, 0.4) is 0 Å². The van der Waals surface area contributed by atoms with Gasteiger partial charge in [0.05, 0.1) is 10.3 Å². The molecule has 3 heterocycles. The number of benzene rings is 1. The number of nitrogens with one attached hydrogen (secondary N) is 1. The number of rotatable bonds is 5. The molecule has 1 fully saturated rings. The van der Waals surface area contributed by atoms with Crippen LogP contribution < -0.4 is 10.7 Å². The first kappa shape index (κ1) is 21.0. The summed E-state index contributed by atoms with van der Waals surface area (Å²) in [6.07, 6.45) is 8.97. The average Bonchev–Trinajstić information content (AvgIpc) is 3.63. The number of amides is 1. The first-order valence-corrected chi connectivity index (χ1v) is 12.3. The van der Waals surface area contributed by atoms with Crippen molar-refractivity contribution in [1.29, 1.82) is 0 Å². The van der Waals surface area contributed by atoms with Crippen LogP contribution in [0.4, 0.5) is 0 Å². The highest BCUT2D eigenvalue weighted by molar-refractivity contribution is 7.90. The number of pyridine rings is 3. The molecule has 8 nitrogen and oxygen atoms in total. The van der Waals surface area contributed by atoms with E-state index in [-0.39, 0.29) is 21.9 Å². The highest BCUT2D eigenvalue weighted by atomic mass is 32.2. The summed E-state index contributed by atoms with van der Waals surface area (Å²) in [6, 6.07) is 12.3. The molecule has 33 heavy (non-hydrogen) atoms. The molecule has 0 aliphatic heterocycles. The van der Waals surface area contributed by atoms with E-state index in [1.165, 1.54) is 12.4 Å². The third kappa shape index (κ3) is 4.14. The van der Waals surface area contributed by atoms with Crippen molar-refractivity contribution in [1.82, 2.24) is 19.9 Å². The Bertz CT molecular complexity index is 1570. The van der Waals surface area contributed by atoms with Gasteiger partial charge in [-0.05, 0) is 48.7 Å². The maximum absolute atomic E-state index is 13.0. The van der Waals surface area contributed by atoms with Crippen molar-refractivity contribution in [3.8, 4) is 16.8 Å². The lowest BCUT2D eigenvalue weighted by Crippen LogP contribution is -2.31. The van der Waals surface area contributed by atoms with Gasteiger partial charge in [-0.3, -0.25) is 14.6 Å². The van der Waals surface area contributed by atoms with E-state index in [4.69, 9.17) is 0 Å². The van der Waals surface area contributed by atoms with E-state index in [0.29, 0.717) is 22.3 Å². The Kier molecular flexibility index (Phi) is 5.05. The second-order valence-corrected chi connectivity index (χ2v) is 10.1. The molecular weight excluding hydrogens is 440 g/mol. The third-order valence-corrected chi connectivity index (χ3v) is 6.60. The Balaban J connectivity index is 1.66. The molecule has 1 aliphatic carbocycles. The third-order valence-electron chi connectivity index (χ3n) is 5.52. The molecule has 0 atom stereocenters. The van der Waals surface area contributed by atoms with E-state index < -0.39 is 15.7 Å². The lowest BCUT2D eigenvalue weighted by molar-refractivity contribution is 0.0949. The number of carbonyl (C=O) groups excluding carboxylic acids is 1. The Morgan fingerprint density at radius 3 is 2.67 bits per heavy atom. The van der Waals surface area contributed by atoms with Crippen molar-refractivity contribution in [2.75, 3.05) is 6.26 Å². The molecule has 4 aromatic rings. The zero-order valence-electron chi connectivity index (χ0n) is 17.7. The highest BCUT2D eigenvalue weighted by Gasteiger charge is 2.26. The van der Waals surface area contributed by atoms with E-state index in [1.54, 1.807) is 35.2 Å². The predicted molar refractivity (Wildman–Crippen MR) is 124 cm³/mol. The number of fused-ring (bicyclic) bond motifs is 1.